The average molecular weight is 106 g/mol. The van der Waals surface area contributed by atoms with Crippen molar-refractivity contribution in [3.05, 3.63) is 0 Å². The van der Waals surface area contributed by atoms with E-state index in [0.29, 0.717) is 0 Å². The lowest BCUT2D eigenvalue weighted by Gasteiger charge is -1.89. The minimum absolute atomic E-state index is 1.29. The summed E-state index contributed by atoms with van der Waals surface area (Å²) in [6.45, 7) is 0. The Morgan fingerprint density at radius 3 is 1.67 bits per heavy atom. The maximum absolute atomic E-state index is 7.10. The molecule has 0 aromatic rings. The van der Waals surface area contributed by atoms with Crippen LogP contribution in [0.25, 0.3) is 0 Å². The van der Waals surface area contributed by atoms with Gasteiger partial charge >= 0.3 is 0 Å². The maximum atomic E-state index is 7.10. The first-order valence-corrected chi connectivity index (χ1v) is 4.06. The highest BCUT2D eigenvalue weighted by molar-refractivity contribution is 7.93. The van der Waals surface area contributed by atoms with Crippen molar-refractivity contribution in [3.63, 3.8) is 0 Å². The first-order chi connectivity index (χ1) is 2.56. The van der Waals surface area contributed by atoms with Gasteiger partial charge in [0.15, 0.2) is 0 Å². The number of hydrogen-bond acceptors (Lipinski definition) is 2. The van der Waals surface area contributed by atoms with Gasteiger partial charge < -0.3 is 0 Å². The zero-order valence-corrected chi connectivity index (χ0v) is 5.17. The Morgan fingerprint density at radius 1 is 1.50 bits per heavy atom. The molecule has 0 saturated heterocycles. The Bertz CT molecular complexity index is 122. The molecule has 0 saturated carbocycles. The maximum Gasteiger partial charge on any atom is 0.0356 e. The topological polar surface area (TPSA) is 36.2 Å². The number of hydrogen-bond donors (Lipinski definition) is 1. The van der Waals surface area contributed by atoms with Crippen LogP contribution in [0.2, 0.25) is 0 Å². The highest BCUT2D eigenvalue weighted by Gasteiger charge is 1.72. The molecule has 0 spiro atoms. The third-order valence-electron chi connectivity index (χ3n) is 0.456. The third-order valence-corrected chi connectivity index (χ3v) is 1.37. The van der Waals surface area contributed by atoms with Gasteiger partial charge in [-0.3, -0.25) is 9.14 Å². The first-order valence-electron chi connectivity index (χ1n) is 1.65. The van der Waals surface area contributed by atoms with Gasteiger partial charge in [-0.15, -0.1) is 0 Å². The second-order valence-corrected chi connectivity index (χ2v) is 4.37. The summed E-state index contributed by atoms with van der Waals surface area (Å²) in [6, 6.07) is 0. The van der Waals surface area contributed by atoms with Crippen LogP contribution in [0.1, 0.15) is 0 Å². The quantitative estimate of drug-likeness (QED) is 0.478. The summed E-state index contributed by atoms with van der Waals surface area (Å²) >= 11 is 0. The van der Waals surface area contributed by atoms with E-state index in [1.54, 1.807) is 7.05 Å². The normalized spacial score (nSPS) is 11.2. The van der Waals surface area contributed by atoms with Crippen LogP contribution in [0.4, 0.5) is 0 Å². The van der Waals surface area contributed by atoms with Gasteiger partial charge in [0.05, 0.1) is 0 Å². The van der Waals surface area contributed by atoms with Crippen molar-refractivity contribution in [2.24, 2.45) is 4.36 Å². The standard InChI is InChI=1S/C3H10N2S/c1-5-6(2,3)4/h4H,1-3H3. The Hall–Kier alpha value is -0.0500. The summed E-state index contributed by atoms with van der Waals surface area (Å²) in [5.74, 6) is 0. The summed E-state index contributed by atoms with van der Waals surface area (Å²) in [5.41, 5.74) is 0. The summed E-state index contributed by atoms with van der Waals surface area (Å²) in [5, 5.41) is 0. The van der Waals surface area contributed by atoms with Crippen molar-refractivity contribution in [2.45, 2.75) is 0 Å². The molecule has 0 rings (SSSR count). The predicted molar refractivity (Wildman–Crippen MR) is 30.3 cm³/mol. The highest BCUT2D eigenvalue weighted by Crippen LogP contribution is 1.77. The van der Waals surface area contributed by atoms with Crippen molar-refractivity contribution >= 4 is 9.62 Å². The van der Waals surface area contributed by atoms with Crippen LogP contribution >= 0.6 is 0 Å². The summed E-state index contributed by atoms with van der Waals surface area (Å²) in [6.07, 6.45) is 3.65. The lowest BCUT2D eigenvalue weighted by Crippen LogP contribution is -1.84. The van der Waals surface area contributed by atoms with Gasteiger partial charge in [-0.05, 0) is 0 Å². The molecule has 0 fully saturated rings. The van der Waals surface area contributed by atoms with E-state index in [2.05, 4.69) is 4.36 Å². The Morgan fingerprint density at radius 2 is 1.67 bits per heavy atom. The minimum atomic E-state index is -1.29. The van der Waals surface area contributed by atoms with Crippen LogP contribution < -0.4 is 0 Å². The van der Waals surface area contributed by atoms with Crippen LogP contribution in [0.5, 0.6) is 0 Å². The van der Waals surface area contributed by atoms with E-state index in [1.807, 2.05) is 12.5 Å². The van der Waals surface area contributed by atoms with Gasteiger partial charge in [0, 0.05) is 19.6 Å². The Balaban J connectivity index is 4.24. The molecule has 38 valence electrons. The smallest absolute Gasteiger partial charge is 0.0356 e. The molecular formula is C3H10N2S. The molecule has 0 atom stereocenters. The Kier molecular flexibility index (Phi) is 1.59. The molecular weight excluding hydrogens is 96.1 g/mol. The molecule has 1 N–H and O–H groups in total. The molecule has 0 aromatic heterocycles. The van der Waals surface area contributed by atoms with Gasteiger partial charge in [-0.1, -0.05) is 9.62 Å². The second kappa shape index (κ2) is 1.60. The molecule has 6 heavy (non-hydrogen) atoms. The Labute approximate surface area is 39.2 Å². The molecule has 0 aliphatic rings. The first kappa shape index (κ1) is 5.95. The molecule has 0 bridgehead atoms. The van der Waals surface area contributed by atoms with Crippen molar-refractivity contribution in [3.8, 4) is 0 Å². The van der Waals surface area contributed by atoms with Crippen LogP contribution in [0.15, 0.2) is 4.36 Å². The van der Waals surface area contributed by atoms with Gasteiger partial charge in [0.2, 0.25) is 0 Å². The van der Waals surface area contributed by atoms with E-state index in [4.69, 9.17) is 4.78 Å². The lowest BCUT2D eigenvalue weighted by atomic mass is 11.6. The lowest BCUT2D eigenvalue weighted by molar-refractivity contribution is 1.46. The SMILES string of the molecule is CN=S(C)(C)=N. The summed E-state index contributed by atoms with van der Waals surface area (Å²) in [7, 11) is 0.396. The zero-order chi connectivity index (χ0) is 5.21. The van der Waals surface area contributed by atoms with Gasteiger partial charge in [-0.25, -0.2) is 0 Å². The molecule has 0 aliphatic heterocycles. The predicted octanol–water partition coefficient (Wildman–Crippen LogP) is 0.976. The zero-order valence-electron chi connectivity index (χ0n) is 4.36. The van der Waals surface area contributed by atoms with E-state index < -0.39 is 9.62 Å². The van der Waals surface area contributed by atoms with Crippen LogP contribution in [-0.2, 0) is 9.62 Å². The summed E-state index contributed by atoms with van der Waals surface area (Å²) in [4.78, 5) is 0. The molecule has 0 unspecified atom stereocenters. The van der Waals surface area contributed by atoms with Crippen molar-refractivity contribution in [1.82, 2.24) is 0 Å². The van der Waals surface area contributed by atoms with E-state index in [-0.39, 0.29) is 0 Å². The van der Waals surface area contributed by atoms with E-state index >= 15 is 0 Å². The fraction of sp³-hybridized carbons (Fsp3) is 1.00. The molecule has 0 amide bonds. The largest absolute Gasteiger partial charge is 0.271 e. The minimum Gasteiger partial charge on any atom is -0.271 e. The molecule has 2 nitrogen and oxygen atoms in total. The molecule has 0 heterocycles. The van der Waals surface area contributed by atoms with Crippen molar-refractivity contribution in [1.29, 1.82) is 4.78 Å². The third kappa shape index (κ3) is 3.95. The average Bonchev–Trinajstić information content (AvgIpc) is 1.35. The van der Waals surface area contributed by atoms with Crippen LogP contribution in [0.3, 0.4) is 0 Å². The fourth-order valence-corrected chi connectivity index (χ4v) is 0. The van der Waals surface area contributed by atoms with Crippen LogP contribution in [-0.4, -0.2) is 19.6 Å². The van der Waals surface area contributed by atoms with E-state index in [1.165, 1.54) is 0 Å². The van der Waals surface area contributed by atoms with Gasteiger partial charge in [0.25, 0.3) is 0 Å². The molecule has 0 aliphatic carbocycles. The van der Waals surface area contributed by atoms with Gasteiger partial charge in [-0.2, -0.15) is 0 Å². The van der Waals surface area contributed by atoms with Crippen molar-refractivity contribution < 1.29 is 0 Å². The van der Waals surface area contributed by atoms with Gasteiger partial charge in [0.1, 0.15) is 0 Å². The van der Waals surface area contributed by atoms with Crippen LogP contribution in [0, 0.1) is 4.78 Å². The number of rotatable bonds is 0. The fourth-order valence-electron chi connectivity index (χ4n) is 0. The summed E-state index contributed by atoms with van der Waals surface area (Å²) < 4.78 is 10.9. The second-order valence-electron chi connectivity index (χ2n) is 1.46. The van der Waals surface area contributed by atoms with E-state index in [0.717, 1.165) is 0 Å². The highest BCUT2D eigenvalue weighted by atomic mass is 32.2. The monoisotopic (exact) mass is 106 g/mol. The molecule has 0 aromatic carbocycles. The number of nitrogens with zero attached hydrogens (tertiary/aromatic N) is 1. The molecule has 3 heteroatoms. The van der Waals surface area contributed by atoms with E-state index in [9.17, 15) is 0 Å². The molecule has 0 radical (unpaired) electrons. The van der Waals surface area contributed by atoms with Crippen molar-refractivity contribution in [2.75, 3.05) is 19.6 Å². The number of nitrogens with one attached hydrogen (secondary N) is 1.